The van der Waals surface area contributed by atoms with Crippen LogP contribution in [0.1, 0.15) is 94.2 Å². The normalized spacial score (nSPS) is 32.6. The van der Waals surface area contributed by atoms with Gasteiger partial charge in [0.2, 0.25) is 0 Å². The van der Waals surface area contributed by atoms with E-state index in [0.29, 0.717) is 29.4 Å². The molecule has 0 heterocycles. The van der Waals surface area contributed by atoms with E-state index in [4.69, 9.17) is 4.74 Å². The summed E-state index contributed by atoms with van der Waals surface area (Å²) in [6.07, 6.45) is 11.7. The van der Waals surface area contributed by atoms with E-state index in [1.165, 1.54) is 6.42 Å². The molecular formula is C25H36F2O. The van der Waals surface area contributed by atoms with Crippen molar-refractivity contribution in [2.24, 2.45) is 17.8 Å². The van der Waals surface area contributed by atoms with Crippen LogP contribution >= 0.6 is 0 Å². The Morgan fingerprint density at radius 1 is 1.04 bits per heavy atom. The van der Waals surface area contributed by atoms with Gasteiger partial charge in [0.05, 0.1) is 6.10 Å². The van der Waals surface area contributed by atoms with Crippen molar-refractivity contribution in [3.05, 3.63) is 34.4 Å². The van der Waals surface area contributed by atoms with E-state index in [1.807, 2.05) is 0 Å². The number of hydrogen-bond donors (Lipinski definition) is 0. The Kier molecular flexibility index (Phi) is 6.40. The zero-order valence-corrected chi connectivity index (χ0v) is 17.6. The van der Waals surface area contributed by atoms with Crippen molar-refractivity contribution >= 4 is 0 Å². The lowest BCUT2D eigenvalue weighted by Crippen LogP contribution is -2.34. The van der Waals surface area contributed by atoms with Crippen LogP contribution < -0.4 is 0 Å². The molecule has 5 atom stereocenters. The highest BCUT2D eigenvalue weighted by atomic mass is 19.1. The van der Waals surface area contributed by atoms with Gasteiger partial charge in [-0.2, -0.15) is 0 Å². The average molecular weight is 391 g/mol. The fourth-order valence-electron chi connectivity index (χ4n) is 6.08. The first-order valence-corrected chi connectivity index (χ1v) is 11.7. The molecule has 3 aliphatic carbocycles. The predicted molar refractivity (Wildman–Crippen MR) is 110 cm³/mol. The minimum absolute atomic E-state index is 0.0588. The molecule has 1 nitrogen and oxygen atoms in total. The Labute approximate surface area is 169 Å². The van der Waals surface area contributed by atoms with Gasteiger partial charge in [0.25, 0.3) is 0 Å². The number of fused-ring (bicyclic) bond motifs is 2. The maximum absolute atomic E-state index is 15.3. The van der Waals surface area contributed by atoms with Gasteiger partial charge < -0.3 is 4.74 Å². The van der Waals surface area contributed by atoms with Gasteiger partial charge in [-0.3, -0.25) is 0 Å². The zero-order valence-electron chi connectivity index (χ0n) is 17.6. The molecule has 2 fully saturated rings. The summed E-state index contributed by atoms with van der Waals surface area (Å²) in [5, 5.41) is 0. The smallest absolute Gasteiger partial charge is 0.133 e. The van der Waals surface area contributed by atoms with E-state index in [1.54, 1.807) is 6.07 Å². The van der Waals surface area contributed by atoms with E-state index in [-0.39, 0.29) is 17.6 Å². The Balaban J connectivity index is 1.44. The molecule has 0 spiro atoms. The van der Waals surface area contributed by atoms with Crippen molar-refractivity contribution in [3.63, 3.8) is 0 Å². The lowest BCUT2D eigenvalue weighted by molar-refractivity contribution is -0.0162. The van der Waals surface area contributed by atoms with Gasteiger partial charge in [0.1, 0.15) is 11.6 Å². The number of unbranched alkanes of at least 4 members (excludes halogenated alkanes) is 1. The van der Waals surface area contributed by atoms with Crippen LogP contribution in [0.5, 0.6) is 0 Å². The van der Waals surface area contributed by atoms with Crippen molar-refractivity contribution in [3.8, 4) is 0 Å². The molecular weight excluding hydrogens is 354 g/mol. The molecule has 5 unspecified atom stereocenters. The highest BCUT2D eigenvalue weighted by molar-refractivity contribution is 5.39. The average Bonchev–Trinajstić information content (AvgIpc) is 2.68. The molecule has 0 aromatic heterocycles. The van der Waals surface area contributed by atoms with Gasteiger partial charge in [0.15, 0.2) is 0 Å². The molecule has 0 N–H and O–H groups in total. The SMILES string of the molecule is CCCCOC1CCC2CC(c3c(F)cc4c(c3F)CCC(C)C4)CCC2C1. The number of benzene rings is 1. The summed E-state index contributed by atoms with van der Waals surface area (Å²) in [5.41, 5.74) is 2.13. The minimum Gasteiger partial charge on any atom is -0.378 e. The largest absolute Gasteiger partial charge is 0.378 e. The van der Waals surface area contributed by atoms with Crippen LogP contribution in [0.15, 0.2) is 6.07 Å². The van der Waals surface area contributed by atoms with Crippen LogP contribution in [-0.2, 0) is 17.6 Å². The predicted octanol–water partition coefficient (Wildman–Crippen LogP) is 6.96. The lowest BCUT2D eigenvalue weighted by Gasteiger charge is -2.42. The third-order valence-electron chi connectivity index (χ3n) is 7.73. The summed E-state index contributed by atoms with van der Waals surface area (Å²) in [6.45, 7) is 5.25. The molecule has 4 rings (SSSR count). The van der Waals surface area contributed by atoms with E-state index in [0.717, 1.165) is 81.9 Å². The second kappa shape index (κ2) is 8.81. The summed E-state index contributed by atoms with van der Waals surface area (Å²) in [6, 6.07) is 1.66. The quantitative estimate of drug-likeness (QED) is 0.494. The fourth-order valence-corrected chi connectivity index (χ4v) is 6.08. The molecule has 0 amide bonds. The Bertz CT molecular complexity index is 686. The molecule has 0 bridgehead atoms. The molecule has 3 heteroatoms. The number of hydrogen-bond acceptors (Lipinski definition) is 1. The van der Waals surface area contributed by atoms with Crippen LogP contribution in [-0.4, -0.2) is 12.7 Å². The van der Waals surface area contributed by atoms with Gasteiger partial charge in [-0.1, -0.05) is 20.3 Å². The summed E-state index contributed by atoms with van der Waals surface area (Å²) in [7, 11) is 0. The van der Waals surface area contributed by atoms with E-state index in [9.17, 15) is 4.39 Å². The third kappa shape index (κ3) is 4.15. The maximum Gasteiger partial charge on any atom is 0.133 e. The molecule has 2 saturated carbocycles. The van der Waals surface area contributed by atoms with Gasteiger partial charge in [-0.15, -0.1) is 0 Å². The van der Waals surface area contributed by atoms with E-state index >= 15 is 4.39 Å². The standard InChI is InChI=1S/C25H36F2O/c1-3-4-11-28-21-9-8-17-13-19(7-6-18(17)14-21)24-23(26)15-20-12-16(2)5-10-22(20)25(24)27/h15-19,21H,3-14H2,1-2H3. The van der Waals surface area contributed by atoms with Crippen molar-refractivity contribution in [1.29, 1.82) is 0 Å². The maximum atomic E-state index is 15.3. The first kappa shape index (κ1) is 20.3. The molecule has 0 aliphatic heterocycles. The third-order valence-corrected chi connectivity index (χ3v) is 7.73. The summed E-state index contributed by atoms with van der Waals surface area (Å²) < 4.78 is 36.3. The molecule has 1 aromatic carbocycles. The first-order valence-electron chi connectivity index (χ1n) is 11.7. The molecule has 0 saturated heterocycles. The monoisotopic (exact) mass is 390 g/mol. The van der Waals surface area contributed by atoms with Gasteiger partial charge in [0, 0.05) is 12.2 Å². The minimum atomic E-state index is -0.287. The van der Waals surface area contributed by atoms with Gasteiger partial charge >= 0.3 is 0 Å². The zero-order chi connectivity index (χ0) is 19.7. The van der Waals surface area contributed by atoms with E-state index in [2.05, 4.69) is 13.8 Å². The fraction of sp³-hybridized carbons (Fsp3) is 0.760. The Hall–Kier alpha value is -0.960. The highest BCUT2D eigenvalue weighted by Gasteiger charge is 2.38. The van der Waals surface area contributed by atoms with Gasteiger partial charge in [-0.25, -0.2) is 8.78 Å². The number of ether oxygens (including phenoxy) is 1. The molecule has 0 radical (unpaired) electrons. The Morgan fingerprint density at radius 2 is 1.82 bits per heavy atom. The summed E-state index contributed by atoms with van der Waals surface area (Å²) in [4.78, 5) is 0. The van der Waals surface area contributed by atoms with Crippen molar-refractivity contribution in [2.45, 2.75) is 96.5 Å². The van der Waals surface area contributed by atoms with Crippen molar-refractivity contribution in [2.75, 3.05) is 6.61 Å². The van der Waals surface area contributed by atoms with Crippen LogP contribution in [0.2, 0.25) is 0 Å². The summed E-state index contributed by atoms with van der Waals surface area (Å²) >= 11 is 0. The second-order valence-corrected chi connectivity index (χ2v) is 9.76. The van der Waals surface area contributed by atoms with Crippen LogP contribution in [0.3, 0.4) is 0 Å². The van der Waals surface area contributed by atoms with Gasteiger partial charge in [-0.05, 0) is 105 Å². The van der Waals surface area contributed by atoms with E-state index < -0.39 is 0 Å². The lowest BCUT2D eigenvalue weighted by atomic mass is 9.65. The number of rotatable bonds is 5. The summed E-state index contributed by atoms with van der Waals surface area (Å²) in [5.74, 6) is 1.39. The number of halogens is 2. The van der Waals surface area contributed by atoms with Crippen LogP contribution in [0.4, 0.5) is 8.78 Å². The topological polar surface area (TPSA) is 9.23 Å². The van der Waals surface area contributed by atoms with Crippen molar-refractivity contribution < 1.29 is 13.5 Å². The first-order chi connectivity index (χ1) is 13.6. The van der Waals surface area contributed by atoms with Crippen LogP contribution in [0.25, 0.3) is 0 Å². The van der Waals surface area contributed by atoms with Crippen LogP contribution in [0, 0.1) is 29.4 Å². The molecule has 1 aromatic rings. The van der Waals surface area contributed by atoms with Crippen molar-refractivity contribution in [1.82, 2.24) is 0 Å². The molecule has 3 aliphatic rings. The molecule has 156 valence electrons. The highest BCUT2D eigenvalue weighted by Crippen LogP contribution is 2.48. The Morgan fingerprint density at radius 3 is 2.64 bits per heavy atom. The molecule has 28 heavy (non-hydrogen) atoms. The second-order valence-electron chi connectivity index (χ2n) is 9.76.